The molecule has 2 saturated heterocycles. The van der Waals surface area contributed by atoms with Crippen molar-refractivity contribution in [1.29, 1.82) is 0 Å². The van der Waals surface area contributed by atoms with Gasteiger partial charge < -0.3 is 18.9 Å². The van der Waals surface area contributed by atoms with E-state index in [0.29, 0.717) is 5.75 Å². The summed E-state index contributed by atoms with van der Waals surface area (Å²) in [6.45, 7) is 3.78. The Balaban J connectivity index is 2.24. The fraction of sp³-hybridized carbons (Fsp3) is 0.750. The van der Waals surface area contributed by atoms with E-state index in [9.17, 15) is 14.4 Å². The average Bonchev–Trinajstić information content (AvgIpc) is 2.74. The monoisotopic (exact) mass is 304 g/mol. The second-order valence-corrected chi connectivity index (χ2v) is 5.73. The van der Waals surface area contributed by atoms with Crippen LogP contribution in [0.5, 0.6) is 0 Å². The van der Waals surface area contributed by atoms with Crippen LogP contribution in [0.4, 0.5) is 0 Å². The van der Waals surface area contributed by atoms with E-state index in [1.165, 1.54) is 32.5 Å². The molecule has 20 heavy (non-hydrogen) atoms. The standard InChI is InChI=1S/C12H16O7S/c1-5(13)16-9-8-4-20-12(19-8)11(18-7(3)15)10(9)17-6(2)14/h8-12H,4H2,1-3H3/t8-,9-,10+,11+,12+/m1/s1. The van der Waals surface area contributed by atoms with Gasteiger partial charge in [-0.25, -0.2) is 0 Å². The summed E-state index contributed by atoms with van der Waals surface area (Å²) in [6.07, 6.45) is -2.78. The van der Waals surface area contributed by atoms with Crippen molar-refractivity contribution < 1.29 is 33.3 Å². The van der Waals surface area contributed by atoms with E-state index in [4.69, 9.17) is 18.9 Å². The van der Waals surface area contributed by atoms with Gasteiger partial charge in [0, 0.05) is 26.5 Å². The van der Waals surface area contributed by atoms with Gasteiger partial charge in [0.1, 0.15) is 11.5 Å². The second kappa shape index (κ2) is 6.01. The highest BCUT2D eigenvalue weighted by molar-refractivity contribution is 8.00. The highest BCUT2D eigenvalue weighted by atomic mass is 32.2. The Labute approximate surface area is 120 Å². The lowest BCUT2D eigenvalue weighted by molar-refractivity contribution is -0.224. The molecule has 0 amide bonds. The number of hydrogen-bond donors (Lipinski definition) is 0. The number of fused-ring (bicyclic) bond motifs is 2. The molecular formula is C12H16O7S. The number of esters is 3. The lowest BCUT2D eigenvalue weighted by Gasteiger charge is -2.39. The topological polar surface area (TPSA) is 88.1 Å². The molecule has 0 aromatic rings. The van der Waals surface area contributed by atoms with Gasteiger partial charge in [-0.3, -0.25) is 14.4 Å². The summed E-state index contributed by atoms with van der Waals surface area (Å²) in [5, 5.41) is 0. The van der Waals surface area contributed by atoms with Crippen LogP contribution >= 0.6 is 11.8 Å². The van der Waals surface area contributed by atoms with E-state index >= 15 is 0 Å². The molecule has 0 N–H and O–H groups in total. The van der Waals surface area contributed by atoms with Gasteiger partial charge in [0.25, 0.3) is 0 Å². The Hall–Kier alpha value is -1.28. The largest absolute Gasteiger partial charge is 0.456 e. The fourth-order valence-electron chi connectivity index (χ4n) is 2.31. The minimum atomic E-state index is -0.848. The smallest absolute Gasteiger partial charge is 0.303 e. The number of ether oxygens (including phenoxy) is 4. The molecule has 2 bridgehead atoms. The maximum Gasteiger partial charge on any atom is 0.303 e. The molecule has 8 heteroatoms. The van der Waals surface area contributed by atoms with Gasteiger partial charge in [-0.2, -0.15) is 0 Å². The first-order chi connectivity index (χ1) is 9.38. The molecule has 2 aliphatic heterocycles. The van der Waals surface area contributed by atoms with Crippen LogP contribution in [0.3, 0.4) is 0 Å². The number of carbonyl (C=O) groups excluding carboxylic acids is 3. The Morgan fingerprint density at radius 2 is 1.40 bits per heavy atom. The zero-order valence-corrected chi connectivity index (χ0v) is 12.2. The van der Waals surface area contributed by atoms with Crippen LogP contribution in [0.15, 0.2) is 0 Å². The molecule has 0 radical (unpaired) electrons. The van der Waals surface area contributed by atoms with Gasteiger partial charge in [-0.1, -0.05) is 0 Å². The summed E-state index contributed by atoms with van der Waals surface area (Å²) < 4.78 is 21.3. The van der Waals surface area contributed by atoms with Crippen molar-refractivity contribution in [3.8, 4) is 0 Å². The van der Waals surface area contributed by atoms with E-state index in [0.717, 1.165) is 0 Å². The van der Waals surface area contributed by atoms with Crippen LogP contribution in [0, 0.1) is 0 Å². The van der Waals surface area contributed by atoms with Crippen molar-refractivity contribution >= 4 is 29.7 Å². The Morgan fingerprint density at radius 1 is 0.900 bits per heavy atom. The average molecular weight is 304 g/mol. The van der Waals surface area contributed by atoms with E-state index in [2.05, 4.69) is 0 Å². The summed E-state index contributed by atoms with van der Waals surface area (Å²) in [6, 6.07) is 0. The maximum absolute atomic E-state index is 11.3. The Bertz CT molecular complexity index is 394. The Kier molecular flexibility index (Phi) is 4.54. The second-order valence-electron chi connectivity index (χ2n) is 4.60. The van der Waals surface area contributed by atoms with Crippen LogP contribution in [0.2, 0.25) is 0 Å². The fourth-order valence-corrected chi connectivity index (χ4v) is 3.58. The van der Waals surface area contributed by atoms with E-state index in [1.807, 2.05) is 0 Å². The van der Waals surface area contributed by atoms with Gasteiger partial charge in [0.2, 0.25) is 0 Å². The Morgan fingerprint density at radius 3 is 1.95 bits per heavy atom. The first kappa shape index (κ1) is 15.1. The molecular weight excluding hydrogens is 288 g/mol. The highest BCUT2D eigenvalue weighted by Crippen LogP contribution is 2.40. The van der Waals surface area contributed by atoms with Gasteiger partial charge in [0.15, 0.2) is 18.3 Å². The molecule has 0 unspecified atom stereocenters. The summed E-state index contributed by atoms with van der Waals surface area (Å²) in [5.41, 5.74) is -0.417. The first-order valence-electron chi connectivity index (χ1n) is 6.17. The van der Waals surface area contributed by atoms with Gasteiger partial charge in [-0.05, 0) is 0 Å². The summed E-state index contributed by atoms with van der Waals surface area (Å²) in [4.78, 5) is 33.7. The predicted molar refractivity (Wildman–Crippen MR) is 67.8 cm³/mol. The molecule has 2 rings (SSSR count). The van der Waals surface area contributed by atoms with E-state index in [1.54, 1.807) is 0 Å². The number of carbonyl (C=O) groups is 3. The molecule has 112 valence electrons. The minimum Gasteiger partial charge on any atom is -0.456 e. The molecule has 2 fully saturated rings. The lowest BCUT2D eigenvalue weighted by Crippen LogP contribution is -2.57. The highest BCUT2D eigenvalue weighted by Gasteiger charge is 2.55. The predicted octanol–water partition coefficient (Wildman–Crippen LogP) is 0.253. The molecule has 2 heterocycles. The third-order valence-corrected chi connectivity index (χ3v) is 4.15. The molecule has 5 atom stereocenters. The summed E-state index contributed by atoms with van der Waals surface area (Å²) >= 11 is 1.44. The van der Waals surface area contributed by atoms with Crippen LogP contribution in [-0.2, 0) is 33.3 Å². The molecule has 7 nitrogen and oxygen atoms in total. The molecule has 0 aliphatic carbocycles. The zero-order chi connectivity index (χ0) is 14.9. The first-order valence-corrected chi connectivity index (χ1v) is 7.22. The molecule has 0 spiro atoms. The zero-order valence-electron chi connectivity index (χ0n) is 11.4. The van der Waals surface area contributed by atoms with Crippen LogP contribution in [-0.4, -0.2) is 53.5 Å². The van der Waals surface area contributed by atoms with Crippen molar-refractivity contribution in [2.24, 2.45) is 0 Å². The van der Waals surface area contributed by atoms with Crippen molar-refractivity contribution in [2.75, 3.05) is 5.75 Å². The normalized spacial score (nSPS) is 35.2. The molecule has 0 aromatic carbocycles. The SMILES string of the molecule is CC(=O)O[C@H]1[C@H](OC(C)=O)[C@H]2CS[C@H](O2)[C@H]1OC(C)=O. The lowest BCUT2D eigenvalue weighted by atomic mass is 10.0. The summed E-state index contributed by atoms with van der Waals surface area (Å²) in [7, 11) is 0. The number of hydrogen-bond acceptors (Lipinski definition) is 8. The molecule has 2 aliphatic rings. The number of rotatable bonds is 3. The van der Waals surface area contributed by atoms with Crippen molar-refractivity contribution in [1.82, 2.24) is 0 Å². The van der Waals surface area contributed by atoms with Crippen molar-refractivity contribution in [2.45, 2.75) is 50.6 Å². The minimum absolute atomic E-state index is 0.370. The van der Waals surface area contributed by atoms with E-state index < -0.39 is 41.7 Å². The van der Waals surface area contributed by atoms with Gasteiger partial charge in [0.05, 0.1) is 0 Å². The molecule has 0 saturated carbocycles. The van der Waals surface area contributed by atoms with Crippen LogP contribution in [0.25, 0.3) is 0 Å². The summed E-state index contributed by atoms with van der Waals surface area (Å²) in [5.74, 6) is -0.968. The maximum atomic E-state index is 11.3. The quantitative estimate of drug-likeness (QED) is 0.542. The van der Waals surface area contributed by atoms with E-state index in [-0.39, 0.29) is 6.10 Å². The molecule has 0 aromatic heterocycles. The number of thioether (sulfide) groups is 1. The van der Waals surface area contributed by atoms with Crippen molar-refractivity contribution in [3.63, 3.8) is 0 Å². The van der Waals surface area contributed by atoms with Crippen LogP contribution in [0.1, 0.15) is 20.8 Å². The van der Waals surface area contributed by atoms with Gasteiger partial charge >= 0.3 is 17.9 Å². The van der Waals surface area contributed by atoms with Crippen LogP contribution < -0.4 is 0 Å². The van der Waals surface area contributed by atoms with Crippen molar-refractivity contribution in [3.05, 3.63) is 0 Å². The third kappa shape index (κ3) is 3.24. The third-order valence-electron chi connectivity index (χ3n) is 2.92. The van der Waals surface area contributed by atoms with Gasteiger partial charge in [-0.15, -0.1) is 11.8 Å².